The third-order valence-electron chi connectivity index (χ3n) is 1.92. The number of hydrogen-bond donors (Lipinski definition) is 2. The minimum atomic E-state index is 0.557. The number of H-pyrrole nitrogens is 1. The molecule has 0 bridgehead atoms. The maximum atomic E-state index is 5.56. The lowest BCUT2D eigenvalue weighted by molar-refractivity contribution is 0.413. The predicted octanol–water partition coefficient (Wildman–Crippen LogP) is 2.91. The van der Waals surface area contributed by atoms with E-state index < -0.39 is 0 Å². The van der Waals surface area contributed by atoms with Crippen LogP contribution in [0.2, 0.25) is 0 Å². The SMILES string of the molecule is COc1ccc(Br)c(Sc2ncc(N)[nH]2)c1. The molecule has 2 aromatic rings. The van der Waals surface area contributed by atoms with E-state index in [1.807, 2.05) is 18.2 Å². The molecule has 4 nitrogen and oxygen atoms in total. The molecule has 0 aliphatic heterocycles. The van der Waals surface area contributed by atoms with Crippen LogP contribution in [0.1, 0.15) is 0 Å². The number of ether oxygens (including phenoxy) is 1. The number of aromatic amines is 1. The van der Waals surface area contributed by atoms with Gasteiger partial charge in [-0.1, -0.05) is 11.8 Å². The van der Waals surface area contributed by atoms with Crippen molar-refractivity contribution in [2.24, 2.45) is 0 Å². The highest BCUT2D eigenvalue weighted by molar-refractivity contribution is 9.10. The average Bonchev–Trinajstić information content (AvgIpc) is 2.67. The van der Waals surface area contributed by atoms with Gasteiger partial charge >= 0.3 is 0 Å². The summed E-state index contributed by atoms with van der Waals surface area (Å²) in [6.45, 7) is 0. The standard InChI is InChI=1S/C10H10BrN3OS/c1-15-6-2-3-7(11)8(4-6)16-10-13-5-9(12)14-10/h2-5H,12H2,1H3,(H,13,14). The molecule has 0 aliphatic carbocycles. The first-order valence-electron chi connectivity index (χ1n) is 4.51. The van der Waals surface area contributed by atoms with Crippen molar-refractivity contribution < 1.29 is 4.74 Å². The molecule has 1 aromatic carbocycles. The highest BCUT2D eigenvalue weighted by Gasteiger charge is 2.06. The number of nitrogens with two attached hydrogens (primary N) is 1. The van der Waals surface area contributed by atoms with E-state index in [1.165, 1.54) is 11.8 Å². The summed E-state index contributed by atoms with van der Waals surface area (Å²) in [6.07, 6.45) is 1.59. The van der Waals surface area contributed by atoms with Gasteiger partial charge in [-0.3, -0.25) is 0 Å². The van der Waals surface area contributed by atoms with E-state index in [9.17, 15) is 0 Å². The summed E-state index contributed by atoms with van der Waals surface area (Å²) in [4.78, 5) is 8.11. The van der Waals surface area contributed by atoms with Crippen molar-refractivity contribution in [2.45, 2.75) is 10.1 Å². The molecule has 0 amide bonds. The van der Waals surface area contributed by atoms with Gasteiger partial charge in [-0.15, -0.1) is 0 Å². The molecule has 2 rings (SSSR count). The van der Waals surface area contributed by atoms with Gasteiger partial charge in [0, 0.05) is 9.37 Å². The number of anilines is 1. The smallest absolute Gasteiger partial charge is 0.171 e. The molecule has 0 radical (unpaired) electrons. The highest BCUT2D eigenvalue weighted by Crippen LogP contribution is 2.34. The van der Waals surface area contributed by atoms with Crippen molar-refractivity contribution in [1.82, 2.24) is 9.97 Å². The number of benzene rings is 1. The first kappa shape index (κ1) is 11.3. The zero-order valence-corrected chi connectivity index (χ0v) is 10.9. The van der Waals surface area contributed by atoms with Gasteiger partial charge in [0.15, 0.2) is 5.16 Å². The highest BCUT2D eigenvalue weighted by atomic mass is 79.9. The molecular weight excluding hydrogens is 290 g/mol. The number of nitrogen functional groups attached to an aromatic ring is 1. The van der Waals surface area contributed by atoms with Crippen molar-refractivity contribution >= 4 is 33.5 Å². The second-order valence-electron chi connectivity index (χ2n) is 3.04. The fourth-order valence-corrected chi connectivity index (χ4v) is 2.47. The molecular formula is C10H10BrN3OS. The molecule has 0 saturated carbocycles. The van der Waals surface area contributed by atoms with E-state index in [2.05, 4.69) is 25.9 Å². The molecule has 0 spiro atoms. The minimum absolute atomic E-state index is 0.557. The Morgan fingerprint density at radius 3 is 2.94 bits per heavy atom. The Balaban J connectivity index is 2.26. The molecule has 0 unspecified atom stereocenters. The van der Waals surface area contributed by atoms with E-state index in [1.54, 1.807) is 13.3 Å². The quantitative estimate of drug-likeness (QED) is 0.915. The van der Waals surface area contributed by atoms with Gasteiger partial charge in [0.2, 0.25) is 0 Å². The van der Waals surface area contributed by atoms with Crippen LogP contribution in [0.15, 0.2) is 38.9 Å². The van der Waals surface area contributed by atoms with Crippen LogP contribution >= 0.6 is 27.7 Å². The molecule has 0 fully saturated rings. The van der Waals surface area contributed by atoms with E-state index in [4.69, 9.17) is 10.5 Å². The topological polar surface area (TPSA) is 63.9 Å². The van der Waals surface area contributed by atoms with E-state index >= 15 is 0 Å². The summed E-state index contributed by atoms with van der Waals surface area (Å²) in [6, 6.07) is 5.77. The zero-order valence-electron chi connectivity index (χ0n) is 8.53. The Labute approximate surface area is 106 Å². The van der Waals surface area contributed by atoms with Gasteiger partial charge in [0.05, 0.1) is 13.3 Å². The number of halogens is 1. The summed E-state index contributed by atoms with van der Waals surface area (Å²) in [5.74, 6) is 1.37. The first-order chi connectivity index (χ1) is 7.69. The normalized spacial score (nSPS) is 10.4. The maximum absolute atomic E-state index is 5.56. The van der Waals surface area contributed by atoms with E-state index in [0.29, 0.717) is 5.82 Å². The number of nitrogens with zero attached hydrogens (tertiary/aromatic N) is 1. The number of rotatable bonds is 3. The molecule has 84 valence electrons. The van der Waals surface area contributed by atoms with Crippen molar-refractivity contribution in [1.29, 1.82) is 0 Å². The van der Waals surface area contributed by atoms with Gasteiger partial charge in [-0.25, -0.2) is 4.98 Å². The summed E-state index contributed by atoms with van der Waals surface area (Å²) in [7, 11) is 1.64. The maximum Gasteiger partial charge on any atom is 0.171 e. The van der Waals surface area contributed by atoms with Crippen molar-refractivity contribution in [3.8, 4) is 5.75 Å². The Morgan fingerprint density at radius 1 is 1.50 bits per heavy atom. The van der Waals surface area contributed by atoms with Crippen molar-refractivity contribution in [3.05, 3.63) is 28.9 Å². The largest absolute Gasteiger partial charge is 0.497 e. The lowest BCUT2D eigenvalue weighted by Gasteiger charge is -2.05. The Morgan fingerprint density at radius 2 is 2.31 bits per heavy atom. The summed E-state index contributed by atoms with van der Waals surface area (Å²) >= 11 is 4.97. The fourth-order valence-electron chi connectivity index (χ4n) is 1.16. The van der Waals surface area contributed by atoms with Gasteiger partial charge < -0.3 is 15.5 Å². The molecule has 1 aromatic heterocycles. The molecule has 3 N–H and O–H groups in total. The van der Waals surface area contributed by atoms with Gasteiger partial charge in [-0.05, 0) is 34.1 Å². The number of aromatic nitrogens is 2. The van der Waals surface area contributed by atoms with Crippen molar-refractivity contribution in [3.63, 3.8) is 0 Å². The summed E-state index contributed by atoms with van der Waals surface area (Å²) in [5, 5.41) is 0.756. The molecule has 6 heteroatoms. The number of imidazole rings is 1. The van der Waals surface area contributed by atoms with Crippen LogP contribution in [0.5, 0.6) is 5.75 Å². The minimum Gasteiger partial charge on any atom is -0.497 e. The van der Waals surface area contributed by atoms with Crippen molar-refractivity contribution in [2.75, 3.05) is 12.8 Å². The number of nitrogens with one attached hydrogen (secondary N) is 1. The molecule has 0 aliphatic rings. The predicted molar refractivity (Wildman–Crippen MR) is 67.8 cm³/mol. The Bertz CT molecular complexity index is 501. The molecule has 0 saturated heterocycles. The van der Waals surface area contributed by atoms with Crippen LogP contribution in [0.25, 0.3) is 0 Å². The van der Waals surface area contributed by atoms with Crippen LogP contribution in [0, 0.1) is 0 Å². The van der Waals surface area contributed by atoms with Gasteiger partial charge in [0.25, 0.3) is 0 Å². The molecule has 16 heavy (non-hydrogen) atoms. The second-order valence-corrected chi connectivity index (χ2v) is 4.93. The lowest BCUT2D eigenvalue weighted by Crippen LogP contribution is -1.85. The van der Waals surface area contributed by atoms with Crippen LogP contribution in [0.3, 0.4) is 0 Å². The Hall–Kier alpha value is -1.14. The third kappa shape index (κ3) is 2.51. The summed E-state index contributed by atoms with van der Waals surface area (Å²) < 4.78 is 6.16. The van der Waals surface area contributed by atoms with Gasteiger partial charge in [0.1, 0.15) is 11.6 Å². The third-order valence-corrected chi connectivity index (χ3v) is 3.83. The van der Waals surface area contributed by atoms with Crippen LogP contribution in [0.4, 0.5) is 5.82 Å². The Kier molecular flexibility index (Phi) is 3.40. The first-order valence-corrected chi connectivity index (χ1v) is 6.12. The summed E-state index contributed by atoms with van der Waals surface area (Å²) in [5.41, 5.74) is 5.56. The second kappa shape index (κ2) is 4.80. The monoisotopic (exact) mass is 299 g/mol. The van der Waals surface area contributed by atoms with E-state index in [0.717, 1.165) is 20.3 Å². The molecule has 0 atom stereocenters. The lowest BCUT2D eigenvalue weighted by atomic mass is 10.3. The number of methoxy groups -OCH3 is 1. The average molecular weight is 300 g/mol. The van der Waals surface area contributed by atoms with Crippen LogP contribution < -0.4 is 10.5 Å². The van der Waals surface area contributed by atoms with Crippen LogP contribution in [-0.2, 0) is 0 Å². The fraction of sp³-hybridized carbons (Fsp3) is 0.100. The molecule has 1 heterocycles. The van der Waals surface area contributed by atoms with Gasteiger partial charge in [-0.2, -0.15) is 0 Å². The number of hydrogen-bond acceptors (Lipinski definition) is 4. The zero-order chi connectivity index (χ0) is 11.5. The van der Waals surface area contributed by atoms with Crippen LogP contribution in [-0.4, -0.2) is 17.1 Å². The van der Waals surface area contributed by atoms with E-state index in [-0.39, 0.29) is 0 Å².